The highest BCUT2D eigenvalue weighted by atomic mass is 16.3. The molecule has 0 aliphatic heterocycles. The van der Waals surface area contributed by atoms with Crippen LogP contribution < -0.4 is 0 Å². The molecule has 0 atom stereocenters. The van der Waals surface area contributed by atoms with E-state index in [1.165, 1.54) is 27.3 Å². The first-order chi connectivity index (χ1) is 24.3. The maximum absolute atomic E-state index is 6.78. The predicted molar refractivity (Wildman–Crippen MR) is 204 cm³/mol. The molecule has 0 saturated carbocycles. The Morgan fingerprint density at radius 1 is 0.388 bits per heavy atom. The zero-order chi connectivity index (χ0) is 32.3. The van der Waals surface area contributed by atoms with E-state index in [0.29, 0.717) is 5.82 Å². The number of rotatable bonds is 4. The normalized spacial score (nSPS) is 11.7. The van der Waals surface area contributed by atoms with Crippen molar-refractivity contribution in [2.45, 2.75) is 0 Å². The van der Waals surface area contributed by atoms with E-state index in [2.05, 4.69) is 164 Å². The summed E-state index contributed by atoms with van der Waals surface area (Å²) in [6.45, 7) is 0. The average molecular weight is 625 g/mol. The van der Waals surface area contributed by atoms with Gasteiger partial charge in [0.15, 0.2) is 5.82 Å². The van der Waals surface area contributed by atoms with Gasteiger partial charge in [-0.1, -0.05) is 140 Å². The van der Waals surface area contributed by atoms with Crippen molar-refractivity contribution in [3.8, 4) is 44.9 Å². The summed E-state index contributed by atoms with van der Waals surface area (Å²) in [5, 5.41) is 7.97. The molecule has 0 aliphatic carbocycles. The molecule has 0 spiro atoms. The Morgan fingerprint density at radius 2 is 1.02 bits per heavy atom. The molecule has 49 heavy (non-hydrogen) atoms. The quantitative estimate of drug-likeness (QED) is 0.196. The molecule has 0 unspecified atom stereocenters. The van der Waals surface area contributed by atoms with E-state index in [0.717, 1.165) is 66.2 Å². The topological polar surface area (TPSA) is 38.9 Å². The Hall–Kier alpha value is -6.58. The minimum atomic E-state index is 0.639. The lowest BCUT2D eigenvalue weighted by atomic mass is 9.96. The van der Waals surface area contributed by atoms with Crippen molar-refractivity contribution >= 4 is 54.4 Å². The number of benzene rings is 8. The second-order valence-corrected chi connectivity index (χ2v) is 12.6. The van der Waals surface area contributed by atoms with Crippen LogP contribution in [0.1, 0.15) is 0 Å². The second-order valence-electron chi connectivity index (χ2n) is 12.6. The van der Waals surface area contributed by atoms with Gasteiger partial charge in [-0.05, 0) is 74.1 Å². The standard InChI is InChI=1S/C46H28N2O/c1-2-11-31(12-3-1)37-24-25-39(45-43(37)40-27-34-14-6-7-15-35(34)28-42(40)49-45)46-47-41-17-9-8-16-38(41)44(48-46)32-21-18-30(19-22-32)36-23-20-29-10-4-5-13-33(29)26-36/h1-28H. The Labute approximate surface area is 282 Å². The van der Waals surface area contributed by atoms with Gasteiger partial charge in [-0.3, -0.25) is 0 Å². The minimum absolute atomic E-state index is 0.639. The van der Waals surface area contributed by atoms with Crippen molar-refractivity contribution in [1.82, 2.24) is 9.97 Å². The summed E-state index contributed by atoms with van der Waals surface area (Å²) in [4.78, 5) is 10.4. The summed E-state index contributed by atoms with van der Waals surface area (Å²) < 4.78 is 6.78. The van der Waals surface area contributed by atoms with E-state index in [4.69, 9.17) is 14.4 Å². The molecule has 3 nitrogen and oxygen atoms in total. The van der Waals surface area contributed by atoms with Gasteiger partial charge in [0.25, 0.3) is 0 Å². The van der Waals surface area contributed by atoms with Crippen LogP contribution in [-0.4, -0.2) is 9.97 Å². The molecular weight excluding hydrogens is 597 g/mol. The van der Waals surface area contributed by atoms with Crippen molar-refractivity contribution in [3.63, 3.8) is 0 Å². The van der Waals surface area contributed by atoms with E-state index in [1.807, 2.05) is 6.07 Å². The SMILES string of the molecule is c1ccc(-c2ccc(-c3nc(-c4ccc(-c5ccc6ccccc6c5)cc4)c4ccccc4n3)c3oc4cc5ccccc5cc4c23)cc1. The molecule has 8 aromatic carbocycles. The monoisotopic (exact) mass is 624 g/mol. The minimum Gasteiger partial charge on any atom is -0.455 e. The molecule has 0 N–H and O–H groups in total. The van der Waals surface area contributed by atoms with Crippen molar-refractivity contribution in [1.29, 1.82) is 0 Å². The number of furan rings is 1. The van der Waals surface area contributed by atoms with Gasteiger partial charge in [-0.15, -0.1) is 0 Å². The van der Waals surface area contributed by atoms with Gasteiger partial charge in [0, 0.05) is 21.7 Å². The summed E-state index contributed by atoms with van der Waals surface area (Å²) in [5.41, 5.74) is 9.96. The zero-order valence-corrected chi connectivity index (χ0v) is 26.5. The van der Waals surface area contributed by atoms with E-state index in [1.54, 1.807) is 0 Å². The van der Waals surface area contributed by atoms with Crippen LogP contribution >= 0.6 is 0 Å². The molecule has 0 aliphatic rings. The molecule has 2 heterocycles. The lowest BCUT2D eigenvalue weighted by Crippen LogP contribution is -1.96. The van der Waals surface area contributed by atoms with Crippen LogP contribution in [0.4, 0.5) is 0 Å². The Kier molecular flexibility index (Phi) is 6.18. The van der Waals surface area contributed by atoms with E-state index >= 15 is 0 Å². The van der Waals surface area contributed by atoms with Crippen LogP contribution in [0.2, 0.25) is 0 Å². The number of nitrogens with zero attached hydrogens (tertiary/aromatic N) is 2. The van der Waals surface area contributed by atoms with Gasteiger partial charge in [0.1, 0.15) is 11.2 Å². The molecular formula is C46H28N2O. The molecule has 10 aromatic rings. The van der Waals surface area contributed by atoms with Gasteiger partial charge < -0.3 is 4.42 Å². The van der Waals surface area contributed by atoms with Crippen molar-refractivity contribution in [2.75, 3.05) is 0 Å². The van der Waals surface area contributed by atoms with Crippen LogP contribution in [-0.2, 0) is 0 Å². The molecule has 10 rings (SSSR count). The van der Waals surface area contributed by atoms with Crippen LogP contribution in [0.25, 0.3) is 99.3 Å². The third-order valence-electron chi connectivity index (χ3n) is 9.66. The predicted octanol–water partition coefficient (Wildman–Crippen LogP) is 12.5. The first-order valence-corrected chi connectivity index (χ1v) is 16.6. The zero-order valence-electron chi connectivity index (χ0n) is 26.5. The van der Waals surface area contributed by atoms with E-state index in [-0.39, 0.29) is 0 Å². The van der Waals surface area contributed by atoms with Crippen molar-refractivity contribution < 1.29 is 4.42 Å². The molecule has 0 fully saturated rings. The maximum atomic E-state index is 6.78. The first-order valence-electron chi connectivity index (χ1n) is 16.6. The lowest BCUT2D eigenvalue weighted by Gasteiger charge is -2.12. The molecule has 0 radical (unpaired) electrons. The molecule has 0 amide bonds. The third-order valence-corrected chi connectivity index (χ3v) is 9.66. The third kappa shape index (κ3) is 4.59. The van der Waals surface area contributed by atoms with Crippen LogP contribution in [0.15, 0.2) is 174 Å². The van der Waals surface area contributed by atoms with Crippen LogP contribution in [0.3, 0.4) is 0 Å². The smallest absolute Gasteiger partial charge is 0.164 e. The summed E-state index contributed by atoms with van der Waals surface area (Å²) in [6, 6.07) is 59.7. The van der Waals surface area contributed by atoms with E-state index < -0.39 is 0 Å². The number of aromatic nitrogens is 2. The molecule has 2 aromatic heterocycles. The van der Waals surface area contributed by atoms with Gasteiger partial charge in [-0.25, -0.2) is 9.97 Å². The summed E-state index contributed by atoms with van der Waals surface area (Å²) in [5.74, 6) is 0.639. The first kappa shape index (κ1) is 27.5. The maximum Gasteiger partial charge on any atom is 0.164 e. The van der Waals surface area contributed by atoms with Gasteiger partial charge in [-0.2, -0.15) is 0 Å². The molecule has 3 heteroatoms. The fraction of sp³-hybridized carbons (Fsp3) is 0. The molecule has 228 valence electrons. The molecule has 0 saturated heterocycles. The van der Waals surface area contributed by atoms with Crippen molar-refractivity contribution in [2.24, 2.45) is 0 Å². The highest BCUT2D eigenvalue weighted by molar-refractivity contribution is 6.18. The van der Waals surface area contributed by atoms with Crippen LogP contribution in [0.5, 0.6) is 0 Å². The number of hydrogen-bond acceptors (Lipinski definition) is 3. The van der Waals surface area contributed by atoms with Crippen molar-refractivity contribution in [3.05, 3.63) is 170 Å². The number of fused-ring (bicyclic) bond motifs is 6. The van der Waals surface area contributed by atoms with Gasteiger partial charge in [0.05, 0.1) is 16.8 Å². The van der Waals surface area contributed by atoms with Gasteiger partial charge in [0.2, 0.25) is 0 Å². The summed E-state index contributed by atoms with van der Waals surface area (Å²) in [6.07, 6.45) is 0. The lowest BCUT2D eigenvalue weighted by molar-refractivity contribution is 0.670. The largest absolute Gasteiger partial charge is 0.455 e. The Bertz CT molecular complexity index is 2870. The fourth-order valence-electron chi connectivity index (χ4n) is 7.21. The average Bonchev–Trinajstić information content (AvgIpc) is 3.54. The number of para-hydroxylation sites is 1. The van der Waals surface area contributed by atoms with E-state index in [9.17, 15) is 0 Å². The molecule has 0 bridgehead atoms. The fourth-order valence-corrected chi connectivity index (χ4v) is 7.21. The number of hydrogen-bond donors (Lipinski definition) is 0. The Balaban J connectivity index is 1.17. The summed E-state index contributed by atoms with van der Waals surface area (Å²) in [7, 11) is 0. The summed E-state index contributed by atoms with van der Waals surface area (Å²) >= 11 is 0. The second kappa shape index (κ2) is 11.0. The highest BCUT2D eigenvalue weighted by Gasteiger charge is 2.21. The highest BCUT2D eigenvalue weighted by Crippen LogP contribution is 2.43. The Morgan fingerprint density at radius 3 is 1.84 bits per heavy atom. The van der Waals surface area contributed by atoms with Gasteiger partial charge >= 0.3 is 0 Å². The van der Waals surface area contributed by atoms with Crippen LogP contribution in [0, 0.1) is 0 Å².